The minimum absolute atomic E-state index is 0.0165. The highest BCUT2D eigenvalue weighted by atomic mass is 32.2. The molecule has 0 aliphatic carbocycles. The van der Waals surface area contributed by atoms with Crippen LogP contribution in [0.5, 0.6) is 0 Å². The smallest absolute Gasteiger partial charge is 0.406 e. The first-order valence-electron chi connectivity index (χ1n) is 12.0. The maximum Gasteiger partial charge on any atom is 0.406 e. The number of aromatic nitrogens is 1. The van der Waals surface area contributed by atoms with Crippen LogP contribution >= 0.6 is 11.8 Å². The number of carboxylic acids is 1. The van der Waals surface area contributed by atoms with Gasteiger partial charge in [0.2, 0.25) is 0 Å². The zero-order valence-electron chi connectivity index (χ0n) is 20.4. The van der Waals surface area contributed by atoms with E-state index in [1.54, 1.807) is 30.0 Å². The van der Waals surface area contributed by atoms with E-state index in [1.807, 2.05) is 41.5 Å². The molecule has 0 amide bonds. The minimum atomic E-state index is -4.39. The van der Waals surface area contributed by atoms with E-state index >= 15 is 0 Å². The van der Waals surface area contributed by atoms with Crippen LogP contribution in [0, 0.1) is 11.8 Å². The van der Waals surface area contributed by atoms with E-state index in [1.165, 1.54) is 4.57 Å². The quantitative estimate of drug-likeness (QED) is 0.270. The van der Waals surface area contributed by atoms with Gasteiger partial charge in [-0.1, -0.05) is 12.0 Å². The third-order valence-electron chi connectivity index (χ3n) is 6.28. The first-order valence-corrected chi connectivity index (χ1v) is 13.2. The molecule has 0 radical (unpaired) electrons. The monoisotopic (exact) mass is 530 g/mol. The summed E-state index contributed by atoms with van der Waals surface area (Å²) in [6, 6.07) is 15.0. The number of likely N-dealkylation sites (tertiary alicyclic amines) is 1. The van der Waals surface area contributed by atoms with Crippen LogP contribution in [0.15, 0.2) is 53.4 Å². The van der Waals surface area contributed by atoms with E-state index in [0.29, 0.717) is 36.2 Å². The summed E-state index contributed by atoms with van der Waals surface area (Å²) >= 11 is 1.65. The zero-order valence-corrected chi connectivity index (χ0v) is 21.3. The van der Waals surface area contributed by atoms with Gasteiger partial charge in [-0.3, -0.25) is 9.69 Å². The minimum Gasteiger partial charge on any atom is -0.480 e. The van der Waals surface area contributed by atoms with Gasteiger partial charge in [-0.25, -0.2) is 0 Å². The van der Waals surface area contributed by atoms with E-state index in [9.17, 15) is 18.0 Å². The number of hydrogen-bond acceptors (Lipinski definition) is 5. The Hall–Kier alpha value is -3.29. The van der Waals surface area contributed by atoms with Gasteiger partial charge in [0.15, 0.2) is 0 Å². The van der Waals surface area contributed by atoms with Gasteiger partial charge in [-0.2, -0.15) is 13.2 Å². The lowest BCUT2D eigenvalue weighted by molar-refractivity contribution is -0.140. The molecule has 1 saturated heterocycles. The molecule has 3 aromatic rings. The number of piperidine rings is 1. The van der Waals surface area contributed by atoms with Gasteiger partial charge in [-0.15, -0.1) is 11.8 Å². The Morgan fingerprint density at radius 1 is 1.16 bits per heavy atom. The summed E-state index contributed by atoms with van der Waals surface area (Å²) in [5.41, 5.74) is 2.42. The van der Waals surface area contributed by atoms with Gasteiger partial charge in [0.1, 0.15) is 6.54 Å². The summed E-state index contributed by atoms with van der Waals surface area (Å²) in [6.07, 6.45) is -0.883. The van der Waals surface area contributed by atoms with Crippen molar-refractivity contribution in [2.24, 2.45) is 0 Å². The van der Waals surface area contributed by atoms with Gasteiger partial charge in [0.25, 0.3) is 0 Å². The van der Waals surface area contributed by atoms with Crippen molar-refractivity contribution in [3.05, 3.63) is 54.2 Å². The van der Waals surface area contributed by atoms with Crippen LogP contribution in [-0.2, 0) is 11.3 Å². The third-order valence-corrected chi connectivity index (χ3v) is 7.02. The molecule has 1 aliphatic heterocycles. The van der Waals surface area contributed by atoms with E-state index in [2.05, 4.69) is 22.5 Å². The summed E-state index contributed by atoms with van der Waals surface area (Å²) in [6.45, 7) is 0.493. The van der Waals surface area contributed by atoms with Crippen molar-refractivity contribution < 1.29 is 23.1 Å². The van der Waals surface area contributed by atoms with Crippen LogP contribution < -0.4 is 10.6 Å². The molecule has 0 saturated carbocycles. The van der Waals surface area contributed by atoms with Crippen LogP contribution in [0.3, 0.4) is 0 Å². The molecule has 6 nitrogen and oxygen atoms in total. The lowest BCUT2D eigenvalue weighted by atomic mass is 10.0. The number of fused-ring (bicyclic) bond motifs is 1. The van der Waals surface area contributed by atoms with Crippen molar-refractivity contribution >= 4 is 40.0 Å². The first kappa shape index (κ1) is 26.8. The fraction of sp³-hybridized carbons (Fsp3) is 0.370. The van der Waals surface area contributed by atoms with Gasteiger partial charge in [0.05, 0.1) is 24.3 Å². The number of benzene rings is 2. The fourth-order valence-electron chi connectivity index (χ4n) is 4.50. The van der Waals surface area contributed by atoms with Gasteiger partial charge >= 0.3 is 12.1 Å². The summed E-state index contributed by atoms with van der Waals surface area (Å²) in [4.78, 5) is 14.0. The molecule has 0 spiro atoms. The number of alkyl halides is 3. The molecular weight excluding hydrogens is 501 g/mol. The molecule has 10 heteroatoms. The number of anilines is 2. The number of thioether (sulfide) groups is 1. The first-order chi connectivity index (χ1) is 17.7. The molecule has 3 N–H and O–H groups in total. The van der Waals surface area contributed by atoms with Crippen molar-refractivity contribution in [1.29, 1.82) is 0 Å². The van der Waals surface area contributed by atoms with Crippen LogP contribution in [-0.4, -0.2) is 65.2 Å². The van der Waals surface area contributed by atoms with E-state index < -0.39 is 18.7 Å². The van der Waals surface area contributed by atoms with Crippen molar-refractivity contribution in [2.45, 2.75) is 36.5 Å². The zero-order chi connectivity index (χ0) is 26.4. The number of aliphatic carboxylic acids is 1. The SMILES string of the molecule is CSc1ccc(NCC#Cc2cc3c(NC4CCN(CC(=O)O)CC4)cccc3n2CC(F)(F)F)cc1. The van der Waals surface area contributed by atoms with E-state index in [4.69, 9.17) is 5.11 Å². The van der Waals surface area contributed by atoms with Crippen molar-refractivity contribution in [3.8, 4) is 11.8 Å². The summed E-state index contributed by atoms with van der Waals surface area (Å²) < 4.78 is 41.6. The highest BCUT2D eigenvalue weighted by Gasteiger charge is 2.30. The molecule has 1 aliphatic rings. The Morgan fingerprint density at radius 3 is 2.54 bits per heavy atom. The van der Waals surface area contributed by atoms with Crippen LogP contribution in [0.25, 0.3) is 10.9 Å². The van der Waals surface area contributed by atoms with Crippen LogP contribution in [0.4, 0.5) is 24.5 Å². The molecule has 1 aromatic heterocycles. The summed E-state index contributed by atoms with van der Waals surface area (Å²) in [5, 5.41) is 16.3. The molecule has 0 unspecified atom stereocenters. The fourth-order valence-corrected chi connectivity index (χ4v) is 4.91. The van der Waals surface area contributed by atoms with E-state index in [0.717, 1.165) is 29.1 Å². The molecule has 37 heavy (non-hydrogen) atoms. The van der Waals surface area contributed by atoms with Crippen molar-refractivity contribution in [2.75, 3.05) is 43.1 Å². The Morgan fingerprint density at radius 2 is 1.89 bits per heavy atom. The molecule has 4 rings (SSSR count). The Labute approximate surface area is 218 Å². The summed E-state index contributed by atoms with van der Waals surface area (Å²) in [7, 11) is 0. The predicted octanol–water partition coefficient (Wildman–Crippen LogP) is 5.35. The molecule has 1 fully saturated rings. The predicted molar refractivity (Wildman–Crippen MR) is 142 cm³/mol. The second-order valence-electron chi connectivity index (χ2n) is 8.94. The highest BCUT2D eigenvalue weighted by Crippen LogP contribution is 2.31. The normalized spacial score (nSPS) is 14.8. The number of nitrogens with one attached hydrogen (secondary N) is 2. The average Bonchev–Trinajstić information content (AvgIpc) is 3.20. The molecule has 0 atom stereocenters. The van der Waals surface area contributed by atoms with Crippen molar-refractivity contribution in [1.82, 2.24) is 9.47 Å². The number of carboxylic acid groups (broad SMARTS) is 1. The Bertz CT molecular complexity index is 1290. The third kappa shape index (κ3) is 7.37. The Balaban J connectivity index is 1.52. The topological polar surface area (TPSA) is 69.5 Å². The number of halogens is 3. The molecule has 2 aromatic carbocycles. The van der Waals surface area contributed by atoms with Gasteiger partial charge in [-0.05, 0) is 67.5 Å². The van der Waals surface area contributed by atoms with Crippen LogP contribution in [0.2, 0.25) is 0 Å². The Kier molecular flexibility index (Phi) is 8.56. The second kappa shape index (κ2) is 11.8. The molecule has 196 valence electrons. The van der Waals surface area contributed by atoms with E-state index in [-0.39, 0.29) is 12.6 Å². The lowest BCUT2D eigenvalue weighted by Gasteiger charge is -2.32. The summed E-state index contributed by atoms with van der Waals surface area (Å²) in [5.74, 6) is 5.04. The number of carbonyl (C=O) groups is 1. The molecule has 0 bridgehead atoms. The molecule has 2 heterocycles. The maximum atomic E-state index is 13.5. The number of rotatable bonds is 8. The van der Waals surface area contributed by atoms with Crippen LogP contribution in [0.1, 0.15) is 18.5 Å². The van der Waals surface area contributed by atoms with Crippen molar-refractivity contribution in [3.63, 3.8) is 0 Å². The standard InChI is InChI=1S/C27H29F3N4O2S/c1-37-22-9-7-19(8-10-22)31-13-3-4-21-16-23-24(5-2-6-25(23)34(21)18-27(28,29)30)32-20-11-14-33(15-12-20)17-26(35)36/h2,5-10,16,20,31-32H,11-15,17-18H2,1H3,(H,35,36). The highest BCUT2D eigenvalue weighted by molar-refractivity contribution is 7.98. The second-order valence-corrected chi connectivity index (χ2v) is 9.82. The number of hydrogen-bond donors (Lipinski definition) is 3. The molecular formula is C27H29F3N4O2S. The maximum absolute atomic E-state index is 13.5. The van der Waals surface area contributed by atoms with Gasteiger partial charge in [0, 0.05) is 40.8 Å². The number of nitrogens with zero attached hydrogens (tertiary/aromatic N) is 2. The largest absolute Gasteiger partial charge is 0.480 e. The van der Waals surface area contributed by atoms with Gasteiger partial charge < -0.3 is 20.3 Å². The average molecular weight is 531 g/mol. The lowest BCUT2D eigenvalue weighted by Crippen LogP contribution is -2.41.